The van der Waals surface area contributed by atoms with Crippen LogP contribution < -0.4 is 4.90 Å². The Hall–Kier alpha value is -9.18. The van der Waals surface area contributed by atoms with E-state index < -0.39 is 0 Å². The number of aromatic nitrogens is 1. The van der Waals surface area contributed by atoms with Crippen LogP contribution in [-0.2, 0) is 0 Å². The lowest BCUT2D eigenvalue weighted by atomic mass is 9.96. The van der Waals surface area contributed by atoms with E-state index in [4.69, 9.17) is 4.42 Å². The maximum Gasteiger partial charge on any atom is 0.143 e. The van der Waals surface area contributed by atoms with Crippen molar-refractivity contribution in [1.82, 2.24) is 4.57 Å². The molecule has 3 heteroatoms. The number of benzene rings is 11. The average Bonchev–Trinajstić information content (AvgIpc) is 3.98. The number of hydrogen-bond acceptors (Lipinski definition) is 2. The summed E-state index contributed by atoms with van der Waals surface area (Å²) in [6.45, 7) is 0. The average molecular weight is 881 g/mol. The maximum atomic E-state index is 6.40. The van der Waals surface area contributed by atoms with Crippen LogP contribution in [0.3, 0.4) is 0 Å². The molecular formula is C66H44N2O. The van der Waals surface area contributed by atoms with Crippen molar-refractivity contribution in [1.29, 1.82) is 0 Å². The summed E-state index contributed by atoms with van der Waals surface area (Å²) in [4.78, 5) is 2.40. The van der Waals surface area contributed by atoms with Gasteiger partial charge in [-0.05, 0) is 99.6 Å². The van der Waals surface area contributed by atoms with Crippen molar-refractivity contribution >= 4 is 60.8 Å². The van der Waals surface area contributed by atoms with E-state index in [1.165, 1.54) is 38.5 Å². The molecule has 13 rings (SSSR count). The van der Waals surface area contributed by atoms with Gasteiger partial charge in [-0.25, -0.2) is 0 Å². The molecule has 13 aromatic rings. The van der Waals surface area contributed by atoms with Crippen molar-refractivity contribution in [3.8, 4) is 61.3 Å². The highest BCUT2D eigenvalue weighted by Gasteiger charge is 2.20. The first kappa shape index (κ1) is 40.1. The normalized spacial score (nSPS) is 11.5. The Morgan fingerprint density at radius 1 is 0.290 bits per heavy atom. The van der Waals surface area contributed by atoms with Crippen LogP contribution in [0.5, 0.6) is 0 Å². The third kappa shape index (κ3) is 7.08. The topological polar surface area (TPSA) is 21.3 Å². The van der Waals surface area contributed by atoms with Crippen LogP contribution in [0.4, 0.5) is 17.1 Å². The number of nitrogens with zero attached hydrogens (tertiary/aromatic N) is 2. The number of anilines is 3. The molecule has 69 heavy (non-hydrogen) atoms. The van der Waals surface area contributed by atoms with Crippen LogP contribution in [-0.4, -0.2) is 4.57 Å². The first-order valence-corrected chi connectivity index (χ1v) is 23.6. The molecule has 0 aliphatic heterocycles. The zero-order valence-corrected chi connectivity index (χ0v) is 37.7. The molecule has 0 aliphatic rings. The second kappa shape index (κ2) is 16.9. The van der Waals surface area contributed by atoms with Crippen molar-refractivity contribution in [3.63, 3.8) is 0 Å². The third-order valence-corrected chi connectivity index (χ3v) is 13.6. The second-order valence-corrected chi connectivity index (χ2v) is 17.6. The minimum Gasteiger partial charge on any atom is -0.455 e. The molecule has 0 aliphatic carbocycles. The highest BCUT2D eigenvalue weighted by molar-refractivity contribution is 6.11. The van der Waals surface area contributed by atoms with Crippen molar-refractivity contribution in [2.45, 2.75) is 0 Å². The fourth-order valence-electron chi connectivity index (χ4n) is 10.3. The highest BCUT2D eigenvalue weighted by Crippen LogP contribution is 2.44. The lowest BCUT2D eigenvalue weighted by molar-refractivity contribution is 0.670. The standard InChI is InChI=1S/C66H44N2O/c1-2-16-45(17-3-1)50-18-14-19-51(44-50)55-21-5-9-27-61(55)67(52-40-36-47(37-41-52)46-32-34-49(35-33-46)56-25-15-26-60-59-24-8-13-31-65(59)69-66(56)60)53-42-38-48(39-43-53)54-20-4-10-28-62(54)68-63-29-11-6-22-57(63)58-23-7-12-30-64(58)68/h1-44H. The van der Waals surface area contributed by atoms with Crippen molar-refractivity contribution < 1.29 is 4.42 Å². The molecule has 2 aromatic heterocycles. The molecule has 0 unspecified atom stereocenters. The molecular weight excluding hydrogens is 837 g/mol. The second-order valence-electron chi connectivity index (χ2n) is 17.6. The van der Waals surface area contributed by atoms with E-state index in [1.807, 2.05) is 12.1 Å². The number of furan rings is 1. The Morgan fingerprint density at radius 2 is 0.754 bits per heavy atom. The van der Waals surface area contributed by atoms with E-state index >= 15 is 0 Å². The molecule has 0 saturated carbocycles. The van der Waals surface area contributed by atoms with Gasteiger partial charge in [0.2, 0.25) is 0 Å². The molecule has 0 bridgehead atoms. The Morgan fingerprint density at radius 3 is 1.48 bits per heavy atom. The lowest BCUT2D eigenvalue weighted by Gasteiger charge is -2.28. The molecule has 0 amide bonds. The van der Waals surface area contributed by atoms with Gasteiger partial charge in [0.25, 0.3) is 0 Å². The van der Waals surface area contributed by atoms with Crippen LogP contribution in [0.25, 0.3) is 105 Å². The summed E-state index contributed by atoms with van der Waals surface area (Å²) in [6.07, 6.45) is 0. The summed E-state index contributed by atoms with van der Waals surface area (Å²) >= 11 is 0. The van der Waals surface area contributed by atoms with E-state index in [-0.39, 0.29) is 0 Å². The molecule has 0 atom stereocenters. The Bertz CT molecular complexity index is 3940. The van der Waals surface area contributed by atoms with Crippen molar-refractivity contribution in [2.75, 3.05) is 4.90 Å². The van der Waals surface area contributed by atoms with Gasteiger partial charge in [0.05, 0.1) is 22.4 Å². The summed E-state index contributed by atoms with van der Waals surface area (Å²) in [5, 5.41) is 4.78. The van der Waals surface area contributed by atoms with E-state index in [2.05, 4.69) is 264 Å². The first-order valence-electron chi connectivity index (χ1n) is 23.6. The van der Waals surface area contributed by atoms with Gasteiger partial charge in [-0.15, -0.1) is 0 Å². The smallest absolute Gasteiger partial charge is 0.143 e. The maximum absolute atomic E-state index is 6.40. The Balaban J connectivity index is 0.895. The fraction of sp³-hybridized carbons (Fsp3) is 0. The Kier molecular flexibility index (Phi) is 9.84. The molecule has 2 heterocycles. The third-order valence-electron chi connectivity index (χ3n) is 13.6. The van der Waals surface area contributed by atoms with Gasteiger partial charge in [0.1, 0.15) is 11.2 Å². The van der Waals surface area contributed by atoms with E-state index in [1.54, 1.807) is 0 Å². The summed E-state index contributed by atoms with van der Waals surface area (Å²) in [5.74, 6) is 0. The van der Waals surface area contributed by atoms with Crippen LogP contribution in [0.2, 0.25) is 0 Å². The van der Waals surface area contributed by atoms with Crippen molar-refractivity contribution in [3.05, 3.63) is 267 Å². The van der Waals surface area contributed by atoms with E-state index in [0.717, 1.165) is 83.6 Å². The molecule has 0 saturated heterocycles. The van der Waals surface area contributed by atoms with Crippen LogP contribution >= 0.6 is 0 Å². The molecule has 0 fully saturated rings. The SMILES string of the molecule is c1ccc(-c2cccc(-c3ccccc3N(c3ccc(-c4ccc(-c5cccc6c5oc5ccccc56)cc4)cc3)c3ccc(-c4ccccc4-n4c5ccccc5c5ccccc54)cc3)c2)cc1. The highest BCUT2D eigenvalue weighted by atomic mass is 16.3. The molecule has 0 radical (unpaired) electrons. The molecule has 0 spiro atoms. The Labute approximate surface area is 401 Å². The van der Waals surface area contributed by atoms with Gasteiger partial charge in [0, 0.05) is 49.6 Å². The van der Waals surface area contributed by atoms with E-state index in [9.17, 15) is 0 Å². The number of para-hydroxylation sites is 6. The molecule has 3 nitrogen and oxygen atoms in total. The van der Waals surface area contributed by atoms with Gasteiger partial charge >= 0.3 is 0 Å². The molecule has 324 valence electrons. The van der Waals surface area contributed by atoms with Gasteiger partial charge in [-0.1, -0.05) is 206 Å². The summed E-state index contributed by atoms with van der Waals surface area (Å²) in [6, 6.07) is 96.1. The largest absolute Gasteiger partial charge is 0.455 e. The van der Waals surface area contributed by atoms with Crippen molar-refractivity contribution in [2.24, 2.45) is 0 Å². The number of rotatable bonds is 9. The van der Waals surface area contributed by atoms with Crippen LogP contribution in [0.15, 0.2) is 271 Å². The predicted octanol–water partition coefficient (Wildman–Crippen LogP) is 18.5. The minimum atomic E-state index is 0.908. The monoisotopic (exact) mass is 880 g/mol. The predicted molar refractivity (Wildman–Crippen MR) is 290 cm³/mol. The van der Waals surface area contributed by atoms with Crippen LogP contribution in [0, 0.1) is 0 Å². The molecule has 11 aromatic carbocycles. The van der Waals surface area contributed by atoms with Gasteiger partial charge in [0.15, 0.2) is 0 Å². The number of hydrogen-bond donors (Lipinski definition) is 0. The van der Waals surface area contributed by atoms with Gasteiger partial charge in [-0.2, -0.15) is 0 Å². The van der Waals surface area contributed by atoms with Gasteiger partial charge in [-0.3, -0.25) is 0 Å². The molecule has 0 N–H and O–H groups in total. The first-order chi connectivity index (χ1) is 34.2. The fourth-order valence-corrected chi connectivity index (χ4v) is 10.3. The number of fused-ring (bicyclic) bond motifs is 6. The summed E-state index contributed by atoms with van der Waals surface area (Å²) in [5.41, 5.74) is 20.1. The zero-order chi connectivity index (χ0) is 45.7. The summed E-state index contributed by atoms with van der Waals surface area (Å²) in [7, 11) is 0. The quantitative estimate of drug-likeness (QED) is 0.144. The minimum absolute atomic E-state index is 0.908. The lowest BCUT2D eigenvalue weighted by Crippen LogP contribution is -2.11. The summed E-state index contributed by atoms with van der Waals surface area (Å²) < 4.78 is 8.81. The van der Waals surface area contributed by atoms with Gasteiger partial charge < -0.3 is 13.9 Å². The van der Waals surface area contributed by atoms with E-state index in [0.29, 0.717) is 0 Å². The zero-order valence-electron chi connectivity index (χ0n) is 37.7. The van der Waals surface area contributed by atoms with Crippen LogP contribution in [0.1, 0.15) is 0 Å².